The van der Waals surface area contributed by atoms with Crippen LogP contribution in [0.3, 0.4) is 0 Å². The molecule has 0 aliphatic heterocycles. The first kappa shape index (κ1) is 16.9. The summed E-state index contributed by atoms with van der Waals surface area (Å²) in [4.78, 5) is 8.15. The zero-order chi connectivity index (χ0) is 17.7. The van der Waals surface area contributed by atoms with Crippen molar-refractivity contribution in [3.8, 4) is 11.6 Å². The van der Waals surface area contributed by atoms with Gasteiger partial charge in [-0.05, 0) is 37.3 Å². The van der Waals surface area contributed by atoms with Crippen LogP contribution in [-0.4, -0.2) is 24.9 Å². The number of para-hydroxylation sites is 1. The second kappa shape index (κ2) is 7.31. The summed E-state index contributed by atoms with van der Waals surface area (Å²) in [6.45, 7) is 2.11. The SMILES string of the molecule is CCN(c1ccccc1)S(=O)(=O)c1ccc(Oc2cccnc2)nc1. The molecule has 0 spiro atoms. The van der Waals surface area contributed by atoms with Crippen LogP contribution >= 0.6 is 0 Å². The fraction of sp³-hybridized carbons (Fsp3) is 0.111. The largest absolute Gasteiger partial charge is 0.437 e. The lowest BCUT2D eigenvalue weighted by Gasteiger charge is -2.22. The summed E-state index contributed by atoms with van der Waals surface area (Å²) in [6.07, 6.45) is 4.49. The van der Waals surface area contributed by atoms with Gasteiger partial charge in [0, 0.05) is 18.8 Å². The van der Waals surface area contributed by atoms with Crippen molar-refractivity contribution in [2.75, 3.05) is 10.8 Å². The van der Waals surface area contributed by atoms with E-state index in [2.05, 4.69) is 9.97 Å². The van der Waals surface area contributed by atoms with E-state index in [1.807, 2.05) is 6.07 Å². The van der Waals surface area contributed by atoms with E-state index in [1.165, 1.54) is 22.6 Å². The summed E-state index contributed by atoms with van der Waals surface area (Å²) in [5.41, 5.74) is 0.612. The first-order chi connectivity index (χ1) is 12.1. The fourth-order valence-corrected chi connectivity index (χ4v) is 3.74. The van der Waals surface area contributed by atoms with E-state index in [0.717, 1.165) is 0 Å². The Hall–Kier alpha value is -2.93. The van der Waals surface area contributed by atoms with Crippen molar-refractivity contribution in [2.45, 2.75) is 11.8 Å². The fourth-order valence-electron chi connectivity index (χ4n) is 2.32. The Bertz CT molecular complexity index is 915. The Kier molecular flexibility index (Phi) is 4.95. The topological polar surface area (TPSA) is 72.4 Å². The van der Waals surface area contributed by atoms with Crippen molar-refractivity contribution in [3.05, 3.63) is 73.2 Å². The molecule has 0 fully saturated rings. The van der Waals surface area contributed by atoms with Gasteiger partial charge in [-0.15, -0.1) is 0 Å². The molecule has 0 atom stereocenters. The molecule has 0 amide bonds. The Labute approximate surface area is 146 Å². The smallest absolute Gasteiger partial charge is 0.265 e. The van der Waals surface area contributed by atoms with Crippen molar-refractivity contribution in [1.29, 1.82) is 0 Å². The van der Waals surface area contributed by atoms with Crippen molar-refractivity contribution in [3.63, 3.8) is 0 Å². The number of sulfonamides is 1. The molecule has 0 saturated heterocycles. The van der Waals surface area contributed by atoms with Crippen LogP contribution < -0.4 is 9.04 Å². The molecule has 128 valence electrons. The van der Waals surface area contributed by atoms with Crippen LogP contribution in [0.15, 0.2) is 78.1 Å². The van der Waals surface area contributed by atoms with Crippen LogP contribution in [-0.2, 0) is 10.0 Å². The molecule has 2 heterocycles. The highest BCUT2D eigenvalue weighted by atomic mass is 32.2. The van der Waals surface area contributed by atoms with Crippen molar-refractivity contribution < 1.29 is 13.2 Å². The molecule has 1 aromatic carbocycles. The summed E-state index contributed by atoms with van der Waals surface area (Å²) in [5.74, 6) is 0.833. The zero-order valence-corrected chi connectivity index (χ0v) is 14.4. The van der Waals surface area contributed by atoms with E-state index in [9.17, 15) is 8.42 Å². The second-order valence-corrected chi connectivity index (χ2v) is 6.99. The highest BCUT2D eigenvalue weighted by Gasteiger charge is 2.23. The average molecular weight is 355 g/mol. The van der Waals surface area contributed by atoms with Gasteiger partial charge in [-0.2, -0.15) is 0 Å². The molecule has 0 unspecified atom stereocenters. The number of hydrogen-bond donors (Lipinski definition) is 0. The van der Waals surface area contributed by atoms with Gasteiger partial charge in [0.1, 0.15) is 10.6 Å². The maximum absolute atomic E-state index is 12.9. The number of aromatic nitrogens is 2. The van der Waals surface area contributed by atoms with Crippen molar-refractivity contribution in [2.24, 2.45) is 0 Å². The number of ether oxygens (including phenoxy) is 1. The van der Waals surface area contributed by atoms with E-state index < -0.39 is 10.0 Å². The van der Waals surface area contributed by atoms with Gasteiger partial charge in [0.2, 0.25) is 5.88 Å². The number of anilines is 1. The minimum atomic E-state index is -3.69. The van der Waals surface area contributed by atoms with E-state index in [0.29, 0.717) is 23.9 Å². The van der Waals surface area contributed by atoms with Gasteiger partial charge >= 0.3 is 0 Å². The first-order valence-electron chi connectivity index (χ1n) is 7.73. The van der Waals surface area contributed by atoms with Gasteiger partial charge in [-0.3, -0.25) is 9.29 Å². The maximum atomic E-state index is 12.9. The van der Waals surface area contributed by atoms with E-state index in [-0.39, 0.29) is 4.90 Å². The van der Waals surface area contributed by atoms with Gasteiger partial charge in [0.05, 0.1) is 18.1 Å². The lowest BCUT2D eigenvalue weighted by atomic mass is 10.3. The highest BCUT2D eigenvalue weighted by molar-refractivity contribution is 7.92. The molecule has 0 N–H and O–H groups in total. The number of rotatable bonds is 6. The third-order valence-corrected chi connectivity index (χ3v) is 5.37. The van der Waals surface area contributed by atoms with Gasteiger partial charge < -0.3 is 4.74 Å². The van der Waals surface area contributed by atoms with Gasteiger partial charge in [0.15, 0.2) is 0 Å². The Balaban J connectivity index is 1.85. The maximum Gasteiger partial charge on any atom is 0.265 e. The molecule has 0 radical (unpaired) electrons. The van der Waals surface area contributed by atoms with E-state index in [4.69, 9.17) is 4.74 Å². The van der Waals surface area contributed by atoms with Gasteiger partial charge in [-0.25, -0.2) is 13.4 Å². The first-order valence-corrected chi connectivity index (χ1v) is 9.17. The Morgan fingerprint density at radius 1 is 1.00 bits per heavy atom. The number of benzene rings is 1. The minimum Gasteiger partial charge on any atom is -0.437 e. The molecule has 0 aliphatic rings. The van der Waals surface area contributed by atoms with Crippen LogP contribution in [0, 0.1) is 0 Å². The summed E-state index contributed by atoms with van der Waals surface area (Å²) >= 11 is 0. The molecule has 2 aromatic heterocycles. The van der Waals surface area contributed by atoms with Crippen LogP contribution in [0.5, 0.6) is 11.6 Å². The van der Waals surface area contributed by atoms with Crippen LogP contribution in [0.1, 0.15) is 6.92 Å². The Morgan fingerprint density at radius 3 is 2.40 bits per heavy atom. The zero-order valence-electron chi connectivity index (χ0n) is 13.6. The van der Waals surface area contributed by atoms with Crippen molar-refractivity contribution in [1.82, 2.24) is 9.97 Å². The van der Waals surface area contributed by atoms with Crippen LogP contribution in [0.2, 0.25) is 0 Å². The third-order valence-electron chi connectivity index (χ3n) is 3.49. The lowest BCUT2D eigenvalue weighted by molar-refractivity contribution is 0.459. The predicted octanol–water partition coefficient (Wildman–Crippen LogP) is 3.48. The van der Waals surface area contributed by atoms with Crippen LogP contribution in [0.25, 0.3) is 0 Å². The number of pyridine rings is 2. The molecule has 0 bridgehead atoms. The molecule has 3 rings (SSSR count). The molecule has 0 saturated carbocycles. The van der Waals surface area contributed by atoms with Crippen molar-refractivity contribution >= 4 is 15.7 Å². The molecule has 7 heteroatoms. The molecule has 3 aromatic rings. The third kappa shape index (κ3) is 3.77. The number of hydrogen-bond acceptors (Lipinski definition) is 5. The standard InChI is InChI=1S/C18H17N3O3S/c1-2-21(15-7-4-3-5-8-15)25(22,23)17-10-11-18(20-14-17)24-16-9-6-12-19-13-16/h3-14H,2H2,1H3. The summed E-state index contributed by atoms with van der Waals surface area (Å²) in [7, 11) is -3.69. The number of nitrogens with zero attached hydrogens (tertiary/aromatic N) is 3. The van der Waals surface area contributed by atoms with E-state index in [1.54, 1.807) is 55.7 Å². The Morgan fingerprint density at radius 2 is 1.80 bits per heavy atom. The monoisotopic (exact) mass is 355 g/mol. The normalized spacial score (nSPS) is 11.1. The molecule has 6 nitrogen and oxygen atoms in total. The lowest BCUT2D eigenvalue weighted by Crippen LogP contribution is -2.30. The quantitative estimate of drug-likeness (QED) is 0.677. The summed E-state index contributed by atoms with van der Waals surface area (Å²) in [5, 5.41) is 0. The molecule has 0 aliphatic carbocycles. The van der Waals surface area contributed by atoms with Gasteiger partial charge in [-0.1, -0.05) is 18.2 Å². The molecular formula is C18H17N3O3S. The molecule has 25 heavy (non-hydrogen) atoms. The van der Waals surface area contributed by atoms with Crippen LogP contribution in [0.4, 0.5) is 5.69 Å². The van der Waals surface area contributed by atoms with E-state index >= 15 is 0 Å². The highest BCUT2D eigenvalue weighted by Crippen LogP contribution is 2.24. The average Bonchev–Trinajstić information content (AvgIpc) is 2.64. The molecular weight excluding hydrogens is 338 g/mol. The summed E-state index contributed by atoms with van der Waals surface area (Å²) in [6, 6.07) is 15.5. The predicted molar refractivity (Wildman–Crippen MR) is 95.2 cm³/mol. The summed E-state index contributed by atoms with van der Waals surface area (Å²) < 4.78 is 32.6. The minimum absolute atomic E-state index is 0.108. The van der Waals surface area contributed by atoms with Gasteiger partial charge in [0.25, 0.3) is 10.0 Å². The second-order valence-electron chi connectivity index (χ2n) is 5.13.